The molecule has 1 saturated heterocycles. The maximum Gasteiger partial charge on any atom is 0.0399 e. The van der Waals surface area contributed by atoms with E-state index in [2.05, 4.69) is 35.5 Å². The second-order valence-electron chi connectivity index (χ2n) is 5.50. The fraction of sp³-hybridized carbons (Fsp3) is 0.600. The Morgan fingerprint density at radius 2 is 2.35 bits per heavy atom. The van der Waals surface area contributed by atoms with E-state index in [9.17, 15) is 0 Å². The van der Waals surface area contributed by atoms with Crippen LogP contribution in [0.1, 0.15) is 24.0 Å². The Bertz CT molecular complexity index is 394. The maximum atomic E-state index is 3.52. The van der Waals surface area contributed by atoms with Gasteiger partial charge in [0.05, 0.1) is 0 Å². The molecule has 0 saturated carbocycles. The summed E-state index contributed by atoms with van der Waals surface area (Å²) in [5.74, 6) is 0.848. The van der Waals surface area contributed by atoms with Crippen LogP contribution < -0.4 is 10.2 Å². The summed E-state index contributed by atoms with van der Waals surface area (Å²) >= 11 is 0. The van der Waals surface area contributed by atoms with E-state index < -0.39 is 0 Å². The van der Waals surface area contributed by atoms with E-state index in [1.165, 1.54) is 51.0 Å². The van der Waals surface area contributed by atoms with Gasteiger partial charge >= 0.3 is 0 Å². The van der Waals surface area contributed by atoms with Crippen molar-refractivity contribution in [3.05, 3.63) is 29.3 Å². The predicted molar refractivity (Wildman–Crippen MR) is 72.7 cm³/mol. The van der Waals surface area contributed by atoms with Gasteiger partial charge < -0.3 is 10.2 Å². The van der Waals surface area contributed by atoms with Crippen molar-refractivity contribution in [3.63, 3.8) is 0 Å². The number of hydrogen-bond donors (Lipinski definition) is 1. The van der Waals surface area contributed by atoms with Crippen LogP contribution in [0, 0.1) is 5.92 Å². The van der Waals surface area contributed by atoms with E-state index in [-0.39, 0.29) is 0 Å². The highest BCUT2D eigenvalue weighted by molar-refractivity contribution is 5.60. The number of likely N-dealkylation sites (N-methyl/N-ethyl adjacent to an activating group) is 1. The second kappa shape index (κ2) is 4.69. The molecular weight excluding hydrogens is 208 g/mol. The smallest absolute Gasteiger partial charge is 0.0399 e. The molecule has 0 aliphatic carbocycles. The largest absolute Gasteiger partial charge is 0.374 e. The zero-order valence-corrected chi connectivity index (χ0v) is 10.7. The van der Waals surface area contributed by atoms with Crippen LogP contribution in [0.2, 0.25) is 0 Å². The van der Waals surface area contributed by atoms with Crippen LogP contribution in [0.25, 0.3) is 0 Å². The molecule has 3 rings (SSSR count). The van der Waals surface area contributed by atoms with E-state index >= 15 is 0 Å². The SMILES string of the molecule is CN1CCc2c(CC3CCCNC3)cccc21. The van der Waals surface area contributed by atoms with Gasteiger partial charge in [-0.2, -0.15) is 0 Å². The van der Waals surface area contributed by atoms with Crippen molar-refractivity contribution in [1.29, 1.82) is 0 Å². The van der Waals surface area contributed by atoms with Crippen molar-refractivity contribution >= 4 is 5.69 Å². The molecule has 0 radical (unpaired) electrons. The summed E-state index contributed by atoms with van der Waals surface area (Å²) in [4.78, 5) is 2.39. The molecule has 1 fully saturated rings. The first-order chi connectivity index (χ1) is 8.34. The van der Waals surface area contributed by atoms with Crippen LogP contribution >= 0.6 is 0 Å². The molecule has 0 aromatic heterocycles. The fourth-order valence-corrected chi connectivity index (χ4v) is 3.27. The van der Waals surface area contributed by atoms with Crippen molar-refractivity contribution in [1.82, 2.24) is 5.32 Å². The Balaban J connectivity index is 1.79. The zero-order valence-electron chi connectivity index (χ0n) is 10.7. The van der Waals surface area contributed by atoms with Gasteiger partial charge in [-0.25, -0.2) is 0 Å². The molecule has 92 valence electrons. The van der Waals surface area contributed by atoms with Crippen LogP contribution in [-0.4, -0.2) is 26.7 Å². The number of rotatable bonds is 2. The van der Waals surface area contributed by atoms with Gasteiger partial charge in [0.2, 0.25) is 0 Å². The minimum atomic E-state index is 0.848. The lowest BCUT2D eigenvalue weighted by molar-refractivity contribution is 0.375. The normalized spacial score (nSPS) is 23.8. The number of nitrogens with zero attached hydrogens (tertiary/aromatic N) is 1. The van der Waals surface area contributed by atoms with Crippen molar-refractivity contribution in [2.75, 3.05) is 31.6 Å². The third-order valence-corrected chi connectivity index (χ3v) is 4.26. The lowest BCUT2D eigenvalue weighted by Crippen LogP contribution is -2.31. The molecule has 0 amide bonds. The predicted octanol–water partition coefficient (Wildman–Crippen LogP) is 2.22. The van der Waals surface area contributed by atoms with Gasteiger partial charge in [0.15, 0.2) is 0 Å². The Morgan fingerprint density at radius 3 is 3.18 bits per heavy atom. The van der Waals surface area contributed by atoms with E-state index in [0.29, 0.717) is 0 Å². The van der Waals surface area contributed by atoms with Crippen LogP contribution in [0.5, 0.6) is 0 Å². The highest BCUT2D eigenvalue weighted by atomic mass is 15.1. The van der Waals surface area contributed by atoms with Gasteiger partial charge in [-0.3, -0.25) is 0 Å². The Labute approximate surface area is 104 Å². The van der Waals surface area contributed by atoms with E-state index in [4.69, 9.17) is 0 Å². The van der Waals surface area contributed by atoms with E-state index in [1.54, 1.807) is 11.1 Å². The van der Waals surface area contributed by atoms with Gasteiger partial charge in [-0.05, 0) is 61.9 Å². The first-order valence-corrected chi connectivity index (χ1v) is 6.87. The maximum absolute atomic E-state index is 3.52. The third-order valence-electron chi connectivity index (χ3n) is 4.26. The number of hydrogen-bond acceptors (Lipinski definition) is 2. The van der Waals surface area contributed by atoms with Crippen molar-refractivity contribution in [3.8, 4) is 0 Å². The summed E-state index contributed by atoms with van der Waals surface area (Å²) < 4.78 is 0. The lowest BCUT2D eigenvalue weighted by Gasteiger charge is -2.23. The molecule has 1 aromatic rings. The van der Waals surface area contributed by atoms with Crippen LogP contribution in [0.4, 0.5) is 5.69 Å². The third kappa shape index (κ3) is 2.19. The summed E-state index contributed by atoms with van der Waals surface area (Å²) in [7, 11) is 2.21. The van der Waals surface area contributed by atoms with Crippen molar-refractivity contribution in [2.24, 2.45) is 5.92 Å². The van der Waals surface area contributed by atoms with Crippen molar-refractivity contribution in [2.45, 2.75) is 25.7 Å². The minimum absolute atomic E-state index is 0.848. The average Bonchev–Trinajstić information content (AvgIpc) is 2.74. The summed E-state index contributed by atoms with van der Waals surface area (Å²) in [5, 5.41) is 3.52. The highest BCUT2D eigenvalue weighted by Crippen LogP contribution is 2.31. The topological polar surface area (TPSA) is 15.3 Å². The fourth-order valence-electron chi connectivity index (χ4n) is 3.27. The number of nitrogens with one attached hydrogen (secondary N) is 1. The van der Waals surface area contributed by atoms with E-state index in [0.717, 1.165) is 5.92 Å². The first kappa shape index (κ1) is 11.1. The van der Waals surface area contributed by atoms with Crippen LogP contribution in [0.15, 0.2) is 18.2 Å². The van der Waals surface area contributed by atoms with Gasteiger partial charge in [-0.1, -0.05) is 12.1 Å². The quantitative estimate of drug-likeness (QED) is 0.838. The molecule has 1 atom stereocenters. The monoisotopic (exact) mass is 230 g/mol. The molecular formula is C15H22N2. The van der Waals surface area contributed by atoms with Gasteiger partial charge in [0.1, 0.15) is 0 Å². The number of piperidine rings is 1. The molecule has 1 N–H and O–H groups in total. The highest BCUT2D eigenvalue weighted by Gasteiger charge is 2.21. The Morgan fingerprint density at radius 1 is 1.41 bits per heavy atom. The molecule has 0 spiro atoms. The second-order valence-corrected chi connectivity index (χ2v) is 5.50. The number of benzene rings is 1. The van der Waals surface area contributed by atoms with Gasteiger partial charge in [0.25, 0.3) is 0 Å². The molecule has 2 aliphatic heterocycles. The number of fused-ring (bicyclic) bond motifs is 1. The standard InChI is InChI=1S/C15H22N2/c1-17-9-7-14-13(5-2-6-15(14)17)10-12-4-3-8-16-11-12/h2,5-6,12,16H,3-4,7-11H2,1H3. The molecule has 17 heavy (non-hydrogen) atoms. The molecule has 1 aromatic carbocycles. The average molecular weight is 230 g/mol. The summed E-state index contributed by atoms with van der Waals surface area (Å²) in [6, 6.07) is 6.84. The lowest BCUT2D eigenvalue weighted by atomic mass is 9.89. The molecule has 0 bridgehead atoms. The zero-order chi connectivity index (χ0) is 11.7. The molecule has 2 aliphatic rings. The molecule has 2 nitrogen and oxygen atoms in total. The minimum Gasteiger partial charge on any atom is -0.374 e. The summed E-state index contributed by atoms with van der Waals surface area (Å²) in [6.07, 6.45) is 5.25. The molecule has 2 heteroatoms. The van der Waals surface area contributed by atoms with Crippen LogP contribution in [0.3, 0.4) is 0 Å². The van der Waals surface area contributed by atoms with E-state index in [1.807, 2.05) is 0 Å². The first-order valence-electron chi connectivity index (χ1n) is 6.87. The van der Waals surface area contributed by atoms with Gasteiger partial charge in [-0.15, -0.1) is 0 Å². The van der Waals surface area contributed by atoms with Gasteiger partial charge in [0, 0.05) is 19.3 Å². The van der Waals surface area contributed by atoms with Crippen LogP contribution in [-0.2, 0) is 12.8 Å². The summed E-state index contributed by atoms with van der Waals surface area (Å²) in [5.41, 5.74) is 4.67. The summed E-state index contributed by atoms with van der Waals surface area (Å²) in [6.45, 7) is 3.61. The van der Waals surface area contributed by atoms with Crippen molar-refractivity contribution < 1.29 is 0 Å². The number of anilines is 1. The molecule has 2 heterocycles. The Kier molecular flexibility index (Phi) is 3.06. The molecule has 1 unspecified atom stereocenters. The Hall–Kier alpha value is -1.02.